The molecule has 0 spiro atoms. The highest BCUT2D eigenvalue weighted by Gasteiger charge is 3.00. The van der Waals surface area contributed by atoms with Crippen LogP contribution in [-0.2, 0) is 11.8 Å². The summed E-state index contributed by atoms with van der Waals surface area (Å²) in [4.78, 5) is 0. The fraction of sp³-hybridized carbons (Fsp3) is 0.769. The molecule has 0 heterocycles. The van der Waals surface area contributed by atoms with E-state index in [0.717, 1.165) is 0 Å². The van der Waals surface area contributed by atoms with E-state index >= 15 is 0 Å². The Hall–Kier alpha value is -3.24. The average Bonchev–Trinajstić information content (AvgIpc) is 3.12. The second kappa shape index (κ2) is 15.9. The van der Waals surface area contributed by atoms with Crippen LogP contribution < -0.4 is 0 Å². The maximum Gasteiger partial charge on any atom is 0.460 e. The van der Waals surface area contributed by atoms with Gasteiger partial charge >= 0.3 is 119 Å². The summed E-state index contributed by atoms with van der Waals surface area (Å²) in [7, 11) is 0. The van der Waals surface area contributed by atoms with E-state index in [1.54, 1.807) is 0 Å². The number of benzene rings is 1. The minimum Gasteiger partial charge on any atom is -0.194 e. The van der Waals surface area contributed by atoms with Crippen LogP contribution in [0.5, 0.6) is 0 Å². The molecule has 69 heavy (non-hydrogen) atoms. The van der Waals surface area contributed by atoms with Crippen molar-refractivity contribution in [1.82, 2.24) is 0 Å². The standard InChI is InChI=1S/C26H3BrF42/c27-6-2-4(7(28,29)9(32,33)11(36,37)13(40,41)15(44,45)17(48,49)19(52,53)21(56,57)23(60,61)25(64,65)66)1-5(3-6)8(30,31)10(34,35)12(38,39)14(42,43)16(46,47)18(50,51)20(54,55)22(58,59)24(62,63)26(67,68)69/h1-3H. The summed E-state index contributed by atoms with van der Waals surface area (Å²) < 4.78 is 574. The number of halogens is 43. The second-order valence-electron chi connectivity index (χ2n) is 13.1. The zero-order valence-electron chi connectivity index (χ0n) is 29.5. The highest BCUT2D eigenvalue weighted by atomic mass is 79.9. The molecule has 0 aliphatic carbocycles. The van der Waals surface area contributed by atoms with E-state index in [1.807, 2.05) is 0 Å². The molecule has 1 aromatic rings. The van der Waals surface area contributed by atoms with Crippen LogP contribution in [0.1, 0.15) is 11.1 Å². The van der Waals surface area contributed by atoms with Crippen LogP contribution in [0.4, 0.5) is 184 Å². The molecule has 0 N–H and O–H groups in total. The molecule has 0 bridgehead atoms. The van der Waals surface area contributed by atoms with Gasteiger partial charge in [0.2, 0.25) is 0 Å². The lowest BCUT2D eigenvalue weighted by Crippen LogP contribution is -2.76. The van der Waals surface area contributed by atoms with Gasteiger partial charge in [-0.15, -0.1) is 0 Å². The SMILES string of the molecule is FC(F)(F)C(F)(F)C(F)(F)C(F)(F)C(F)(F)C(F)(F)C(F)(F)C(F)(F)C(F)(F)C(F)(F)c1cc(Br)cc(C(F)(F)C(F)(F)C(F)(F)C(F)(F)C(F)(F)C(F)(F)C(F)(F)C(F)(F)C(F)(F)C(F)(F)F)c1. The van der Waals surface area contributed by atoms with Gasteiger partial charge in [0.15, 0.2) is 0 Å². The van der Waals surface area contributed by atoms with E-state index in [2.05, 4.69) is 0 Å². The molecule has 0 amide bonds. The van der Waals surface area contributed by atoms with Crippen molar-refractivity contribution in [3.05, 3.63) is 33.8 Å². The van der Waals surface area contributed by atoms with Gasteiger partial charge in [-0.25, -0.2) is 0 Å². The van der Waals surface area contributed by atoms with Crippen LogP contribution in [0.15, 0.2) is 22.7 Å². The van der Waals surface area contributed by atoms with Crippen molar-refractivity contribution >= 4 is 15.9 Å². The summed E-state index contributed by atoms with van der Waals surface area (Å²) in [6.07, 6.45) is -16.8. The summed E-state index contributed by atoms with van der Waals surface area (Å²) in [5.41, 5.74) is -8.53. The Labute approximate surface area is 354 Å². The largest absolute Gasteiger partial charge is 0.460 e. The smallest absolute Gasteiger partial charge is 0.194 e. The third-order valence-corrected chi connectivity index (χ3v) is 9.10. The molecule has 1 aromatic carbocycles. The lowest BCUT2D eigenvalue weighted by atomic mass is 9.83. The monoisotopic (exact) mass is 1190 g/mol. The molecule has 0 radical (unpaired) electrons. The minimum atomic E-state index is -9.89. The highest BCUT2D eigenvalue weighted by molar-refractivity contribution is 9.10. The van der Waals surface area contributed by atoms with Crippen LogP contribution in [0.3, 0.4) is 0 Å². The first-order valence-electron chi connectivity index (χ1n) is 14.9. The third-order valence-electron chi connectivity index (χ3n) is 8.64. The normalized spacial score (nSPS) is 16.9. The first-order valence-corrected chi connectivity index (χ1v) is 15.7. The van der Waals surface area contributed by atoms with Gasteiger partial charge < -0.3 is 0 Å². The Morgan fingerprint density at radius 3 is 0.464 bits per heavy atom. The zero-order chi connectivity index (χ0) is 56.9. The number of alkyl halides is 42. The molecule has 0 nitrogen and oxygen atoms in total. The summed E-state index contributed by atoms with van der Waals surface area (Å²) in [5, 5.41) is 0. The molecule has 0 aromatic heterocycles. The second-order valence-corrected chi connectivity index (χ2v) is 14.0. The maximum absolute atomic E-state index is 14.8. The van der Waals surface area contributed by atoms with E-state index in [-0.39, 0.29) is 0 Å². The molecule has 0 atom stereocenters. The van der Waals surface area contributed by atoms with Crippen LogP contribution in [0, 0.1) is 0 Å². The molecule has 43 heteroatoms. The van der Waals surface area contributed by atoms with E-state index < -0.39 is 153 Å². The Morgan fingerprint density at radius 2 is 0.319 bits per heavy atom. The highest BCUT2D eigenvalue weighted by Crippen LogP contribution is 2.70. The number of rotatable bonds is 18. The van der Waals surface area contributed by atoms with E-state index in [9.17, 15) is 184 Å². The predicted molar refractivity (Wildman–Crippen MR) is 133 cm³/mol. The quantitative estimate of drug-likeness (QED) is 0.129. The third kappa shape index (κ3) is 7.64. The molecule has 0 aliphatic rings. The lowest BCUT2D eigenvalue weighted by Gasteiger charge is -2.45. The molecule has 1 rings (SSSR count). The number of hydrogen-bond acceptors (Lipinski definition) is 0. The molecule has 0 saturated heterocycles. The Bertz CT molecular complexity index is 1900. The van der Waals surface area contributed by atoms with E-state index in [0.29, 0.717) is 0 Å². The van der Waals surface area contributed by atoms with Gasteiger partial charge in [-0.05, 0) is 18.2 Å². The summed E-state index contributed by atoms with van der Waals surface area (Å²) in [6, 6.07) is -5.53. The Kier molecular flexibility index (Phi) is 14.7. The van der Waals surface area contributed by atoms with Crippen molar-refractivity contribution in [1.29, 1.82) is 0 Å². The van der Waals surface area contributed by atoms with Gasteiger partial charge in [0.25, 0.3) is 0 Å². The molecule has 0 unspecified atom stereocenters. The van der Waals surface area contributed by atoms with Gasteiger partial charge in [-0.1, -0.05) is 15.9 Å². The predicted octanol–water partition coefficient (Wildman–Crippen LogP) is 15.9. The Balaban J connectivity index is 4.19. The molecule has 408 valence electrons. The lowest BCUT2D eigenvalue weighted by molar-refractivity contribution is -0.475. The molecule has 0 aliphatic heterocycles. The molecule has 0 saturated carbocycles. The van der Waals surface area contributed by atoms with Crippen LogP contribution in [0.25, 0.3) is 0 Å². The van der Waals surface area contributed by atoms with Gasteiger partial charge in [-0.2, -0.15) is 184 Å². The summed E-state index contributed by atoms with van der Waals surface area (Å²) >= 11 is 1.31. The molecular formula is C26H3BrF42. The van der Waals surface area contributed by atoms with Crippen molar-refractivity contribution in [3.8, 4) is 0 Å². The zero-order valence-corrected chi connectivity index (χ0v) is 31.1. The molecular weight excluding hydrogens is 1190 g/mol. The maximum atomic E-state index is 14.8. The van der Waals surface area contributed by atoms with Gasteiger partial charge in [-0.3, -0.25) is 0 Å². The topological polar surface area (TPSA) is 0 Å². The van der Waals surface area contributed by atoms with Crippen LogP contribution >= 0.6 is 15.9 Å². The van der Waals surface area contributed by atoms with Crippen LogP contribution in [-0.4, -0.2) is 107 Å². The van der Waals surface area contributed by atoms with Crippen LogP contribution in [0.2, 0.25) is 0 Å². The van der Waals surface area contributed by atoms with E-state index in [1.165, 1.54) is 15.9 Å². The van der Waals surface area contributed by atoms with Gasteiger partial charge in [0.05, 0.1) is 0 Å². The fourth-order valence-corrected chi connectivity index (χ4v) is 4.92. The number of hydrogen-bond donors (Lipinski definition) is 0. The fourth-order valence-electron chi connectivity index (χ4n) is 4.43. The van der Waals surface area contributed by atoms with Crippen molar-refractivity contribution < 1.29 is 184 Å². The van der Waals surface area contributed by atoms with Crippen molar-refractivity contribution in [3.63, 3.8) is 0 Å². The van der Waals surface area contributed by atoms with E-state index in [4.69, 9.17) is 0 Å². The minimum absolute atomic E-state index is 1.31. The summed E-state index contributed by atoms with van der Waals surface area (Å²) in [5.74, 6) is -169. The first kappa shape index (κ1) is 63.8. The van der Waals surface area contributed by atoms with Gasteiger partial charge in [0, 0.05) is 15.6 Å². The molecule has 0 fully saturated rings. The average molecular weight is 1190 g/mol. The summed E-state index contributed by atoms with van der Waals surface area (Å²) in [6.45, 7) is 0. The first-order chi connectivity index (χ1) is 29.1. The Morgan fingerprint density at radius 1 is 0.188 bits per heavy atom. The van der Waals surface area contributed by atoms with Crippen molar-refractivity contribution in [2.24, 2.45) is 0 Å². The van der Waals surface area contributed by atoms with Crippen molar-refractivity contribution in [2.75, 3.05) is 0 Å². The van der Waals surface area contributed by atoms with Crippen molar-refractivity contribution in [2.45, 2.75) is 119 Å². The van der Waals surface area contributed by atoms with Gasteiger partial charge in [0.1, 0.15) is 0 Å².